The molecule has 0 atom stereocenters. The number of para-hydroxylation sites is 2. The van der Waals surface area contributed by atoms with Gasteiger partial charge in [0, 0.05) is 17.0 Å². The van der Waals surface area contributed by atoms with Crippen LogP contribution in [0.4, 0.5) is 0 Å². The lowest BCUT2D eigenvalue weighted by atomic mass is 10.2. The van der Waals surface area contributed by atoms with Crippen molar-refractivity contribution in [1.82, 2.24) is 4.57 Å². The lowest BCUT2D eigenvalue weighted by Gasteiger charge is -1.98. The van der Waals surface area contributed by atoms with E-state index in [-0.39, 0.29) is 0 Å². The molecule has 0 bridgehead atoms. The highest BCUT2D eigenvalue weighted by Crippen LogP contribution is 2.28. The first-order valence-corrected chi connectivity index (χ1v) is 6.41. The van der Waals surface area contributed by atoms with Crippen LogP contribution < -0.4 is 0 Å². The number of aromatic nitrogens is 1. The van der Waals surface area contributed by atoms with Crippen LogP contribution in [0.1, 0.15) is 0 Å². The molecule has 0 unspecified atom stereocenters. The van der Waals surface area contributed by atoms with E-state index in [0.717, 1.165) is 0 Å². The second kappa shape index (κ2) is 3.94. The van der Waals surface area contributed by atoms with Crippen LogP contribution in [0.3, 0.4) is 0 Å². The van der Waals surface area contributed by atoms with E-state index in [1.165, 1.54) is 21.8 Å². The highest BCUT2D eigenvalue weighted by Gasteiger charge is 2.06. The van der Waals surface area contributed by atoms with Gasteiger partial charge in [-0.05, 0) is 16.2 Å². The van der Waals surface area contributed by atoms with Gasteiger partial charge in [0.2, 0.25) is 0 Å². The summed E-state index contributed by atoms with van der Waals surface area (Å²) in [5.41, 5.74) is 2.52. The Hall–Kier alpha value is -1.29. The number of hydrogen-bond acceptors (Lipinski definition) is 0. The van der Waals surface area contributed by atoms with Crippen LogP contribution >= 0.6 is 22.6 Å². The van der Waals surface area contributed by atoms with E-state index < -0.39 is 0 Å². The van der Waals surface area contributed by atoms with Crippen molar-refractivity contribution >= 4 is 50.6 Å². The Morgan fingerprint density at radius 3 is 1.81 bits per heavy atom. The third kappa shape index (κ3) is 1.37. The van der Waals surface area contributed by atoms with Gasteiger partial charge in [0.1, 0.15) is 0 Å². The molecule has 3 aromatic rings. The first-order valence-electron chi connectivity index (χ1n) is 5.16. The summed E-state index contributed by atoms with van der Waals surface area (Å²) < 4.78 is 4.27. The molecule has 0 aliphatic carbocycles. The molecule has 16 heavy (non-hydrogen) atoms. The van der Waals surface area contributed by atoms with Gasteiger partial charge >= 0.3 is 0 Å². The Morgan fingerprint density at radius 2 is 1.31 bits per heavy atom. The zero-order chi connectivity index (χ0) is 11.0. The van der Waals surface area contributed by atoms with Crippen molar-refractivity contribution in [3.8, 4) is 0 Å². The van der Waals surface area contributed by atoms with Gasteiger partial charge in [-0.25, -0.2) is 0 Å². The SMILES string of the molecule is I/C=C/n1c2ccccc2c2ccccc21. The number of halogens is 1. The summed E-state index contributed by atoms with van der Waals surface area (Å²) in [7, 11) is 0. The van der Waals surface area contributed by atoms with Crippen LogP contribution in [-0.2, 0) is 0 Å². The predicted molar refractivity (Wildman–Crippen MR) is 78.8 cm³/mol. The number of fused-ring (bicyclic) bond motifs is 3. The fourth-order valence-corrected chi connectivity index (χ4v) is 2.49. The van der Waals surface area contributed by atoms with Crippen LogP contribution in [0.15, 0.2) is 52.6 Å². The lowest BCUT2D eigenvalue weighted by molar-refractivity contribution is 1.30. The van der Waals surface area contributed by atoms with E-state index in [4.69, 9.17) is 0 Å². The van der Waals surface area contributed by atoms with Gasteiger partial charge in [-0.15, -0.1) is 0 Å². The van der Waals surface area contributed by atoms with Crippen molar-refractivity contribution < 1.29 is 0 Å². The van der Waals surface area contributed by atoms with Gasteiger partial charge in [-0.2, -0.15) is 0 Å². The van der Waals surface area contributed by atoms with Gasteiger partial charge in [0.15, 0.2) is 0 Å². The number of nitrogens with zero attached hydrogens (tertiary/aromatic N) is 1. The maximum atomic E-state index is 2.25. The minimum atomic E-state index is 1.26. The molecule has 1 aromatic heterocycles. The summed E-state index contributed by atoms with van der Waals surface area (Å²) >= 11 is 2.25. The second-order valence-electron chi connectivity index (χ2n) is 3.68. The second-order valence-corrected chi connectivity index (χ2v) is 4.40. The van der Waals surface area contributed by atoms with Crippen LogP contribution in [0.5, 0.6) is 0 Å². The molecule has 2 heteroatoms. The maximum Gasteiger partial charge on any atom is 0.0535 e. The Kier molecular flexibility index (Phi) is 2.44. The number of benzene rings is 2. The van der Waals surface area contributed by atoms with Crippen molar-refractivity contribution in [2.75, 3.05) is 0 Å². The summed E-state index contributed by atoms with van der Waals surface area (Å²) in [5.74, 6) is 0. The molecule has 2 aromatic carbocycles. The van der Waals surface area contributed by atoms with Crippen molar-refractivity contribution in [3.63, 3.8) is 0 Å². The Morgan fingerprint density at radius 1 is 0.812 bits per heavy atom. The molecule has 0 amide bonds. The van der Waals surface area contributed by atoms with E-state index in [2.05, 4.69) is 81.9 Å². The average Bonchev–Trinajstić information content (AvgIpc) is 2.66. The van der Waals surface area contributed by atoms with Crippen LogP contribution in [-0.4, -0.2) is 4.57 Å². The minimum Gasteiger partial charge on any atom is -0.315 e. The topological polar surface area (TPSA) is 4.93 Å². The Balaban J connectivity index is 2.59. The smallest absolute Gasteiger partial charge is 0.0535 e. The normalized spacial score (nSPS) is 11.8. The molecule has 0 radical (unpaired) electrons. The Labute approximate surface area is 108 Å². The van der Waals surface area contributed by atoms with Gasteiger partial charge in [-0.1, -0.05) is 59.0 Å². The van der Waals surface area contributed by atoms with Crippen LogP contribution in [0.2, 0.25) is 0 Å². The maximum absolute atomic E-state index is 2.25. The molecule has 3 rings (SSSR count). The molecule has 0 N–H and O–H groups in total. The molecule has 78 valence electrons. The largest absolute Gasteiger partial charge is 0.315 e. The molecule has 1 nitrogen and oxygen atoms in total. The molecule has 0 saturated carbocycles. The molecule has 0 aliphatic heterocycles. The highest BCUT2D eigenvalue weighted by atomic mass is 127. The summed E-state index contributed by atoms with van der Waals surface area (Å²) in [5, 5.41) is 2.63. The Bertz CT molecular complexity index is 626. The standard InChI is InChI=1S/C14H10IN/c15-9-10-16-13-7-3-1-5-11(13)12-6-2-4-8-14(12)16/h1-10H/b10-9+. The van der Waals surface area contributed by atoms with Gasteiger partial charge in [0.05, 0.1) is 11.0 Å². The van der Waals surface area contributed by atoms with E-state index in [9.17, 15) is 0 Å². The molecule has 0 fully saturated rings. The minimum absolute atomic E-state index is 1.26. The fourth-order valence-electron chi connectivity index (χ4n) is 2.17. The number of rotatable bonds is 1. The van der Waals surface area contributed by atoms with Crippen LogP contribution in [0.25, 0.3) is 28.0 Å². The molecule has 0 saturated heterocycles. The van der Waals surface area contributed by atoms with Crippen LogP contribution in [0, 0.1) is 0 Å². The molecule has 1 heterocycles. The molecular weight excluding hydrogens is 309 g/mol. The third-order valence-electron chi connectivity index (χ3n) is 2.82. The summed E-state index contributed by atoms with van der Waals surface area (Å²) in [4.78, 5) is 0. The highest BCUT2D eigenvalue weighted by molar-refractivity contribution is 14.1. The van der Waals surface area contributed by atoms with E-state index in [0.29, 0.717) is 0 Å². The van der Waals surface area contributed by atoms with E-state index in [1.54, 1.807) is 0 Å². The zero-order valence-corrected chi connectivity index (χ0v) is 10.8. The first kappa shape index (κ1) is 9.90. The van der Waals surface area contributed by atoms with Gasteiger partial charge in [0.25, 0.3) is 0 Å². The molecule has 0 spiro atoms. The summed E-state index contributed by atoms with van der Waals surface area (Å²) in [6, 6.07) is 17.0. The van der Waals surface area contributed by atoms with Crippen molar-refractivity contribution in [2.24, 2.45) is 0 Å². The fraction of sp³-hybridized carbons (Fsp3) is 0. The summed E-state index contributed by atoms with van der Waals surface area (Å²) in [6.07, 6.45) is 2.10. The van der Waals surface area contributed by atoms with Crippen molar-refractivity contribution in [2.45, 2.75) is 0 Å². The van der Waals surface area contributed by atoms with Gasteiger partial charge in [-0.3, -0.25) is 0 Å². The lowest BCUT2D eigenvalue weighted by Crippen LogP contribution is -1.83. The van der Waals surface area contributed by atoms with Crippen molar-refractivity contribution in [1.29, 1.82) is 0 Å². The molecular formula is C14H10IN. The zero-order valence-electron chi connectivity index (χ0n) is 8.60. The molecule has 0 aliphatic rings. The van der Waals surface area contributed by atoms with E-state index >= 15 is 0 Å². The summed E-state index contributed by atoms with van der Waals surface area (Å²) in [6.45, 7) is 0. The monoisotopic (exact) mass is 319 g/mol. The first-order chi connectivity index (χ1) is 7.92. The number of hydrogen-bond donors (Lipinski definition) is 0. The quantitative estimate of drug-likeness (QED) is 0.575. The average molecular weight is 319 g/mol. The third-order valence-corrected chi connectivity index (χ3v) is 3.14. The van der Waals surface area contributed by atoms with Crippen molar-refractivity contribution in [3.05, 3.63) is 52.6 Å². The predicted octanol–water partition coefficient (Wildman–Crippen LogP) is 4.66. The van der Waals surface area contributed by atoms with E-state index in [1.807, 2.05) is 4.08 Å². The van der Waals surface area contributed by atoms with Gasteiger partial charge < -0.3 is 4.57 Å².